The molecule has 1 atom stereocenters. The first-order valence-electron chi connectivity index (χ1n) is 8.14. The van der Waals surface area contributed by atoms with Gasteiger partial charge in [0.2, 0.25) is 5.95 Å². The number of rotatable bonds is 6. The van der Waals surface area contributed by atoms with Gasteiger partial charge in [0.25, 0.3) is 0 Å². The molecule has 8 heteroatoms. The van der Waals surface area contributed by atoms with E-state index in [4.69, 9.17) is 5.73 Å². The van der Waals surface area contributed by atoms with Gasteiger partial charge in [-0.25, -0.2) is 4.98 Å². The molecule has 1 unspecified atom stereocenters. The first kappa shape index (κ1) is 17.0. The van der Waals surface area contributed by atoms with Crippen molar-refractivity contribution in [3.8, 4) is 0 Å². The number of aliphatic hydroxyl groups excluding tert-OH is 1. The van der Waals surface area contributed by atoms with Crippen LogP contribution in [0.5, 0.6) is 0 Å². The first-order valence-corrected chi connectivity index (χ1v) is 8.14. The molecule has 0 saturated heterocycles. The van der Waals surface area contributed by atoms with Crippen LogP contribution < -0.4 is 16.4 Å². The summed E-state index contributed by atoms with van der Waals surface area (Å²) in [5, 5.41) is 15.8. The van der Waals surface area contributed by atoms with Gasteiger partial charge in [-0.3, -0.25) is 0 Å². The standard InChI is InChI=1S/C17H23N7O/c1-10-4-5-12(13(18)6-10)8-19-15-14-16(24(3)9-21-14)23-17(22-15)20-7-11(2)25/h4-6,9,11,25H,7-8,18H2,1-3H3,(H2,19,20,22,23). The Balaban J connectivity index is 1.88. The highest BCUT2D eigenvalue weighted by molar-refractivity contribution is 5.84. The van der Waals surface area contributed by atoms with Crippen LogP contribution in [0.3, 0.4) is 0 Å². The third-order valence-electron chi connectivity index (χ3n) is 3.86. The van der Waals surface area contributed by atoms with E-state index in [1.165, 1.54) is 0 Å². The van der Waals surface area contributed by atoms with Crippen molar-refractivity contribution in [2.45, 2.75) is 26.5 Å². The van der Waals surface area contributed by atoms with Crippen molar-refractivity contribution >= 4 is 28.6 Å². The van der Waals surface area contributed by atoms with E-state index < -0.39 is 6.10 Å². The molecule has 0 aliphatic rings. The average Bonchev–Trinajstić information content (AvgIpc) is 2.93. The molecule has 3 rings (SSSR count). The zero-order valence-electron chi connectivity index (χ0n) is 14.6. The molecule has 0 amide bonds. The van der Waals surface area contributed by atoms with Gasteiger partial charge < -0.3 is 26.0 Å². The molecule has 2 heterocycles. The molecule has 0 fully saturated rings. The third kappa shape index (κ3) is 3.80. The van der Waals surface area contributed by atoms with Gasteiger partial charge in [0.15, 0.2) is 17.0 Å². The number of hydrogen-bond donors (Lipinski definition) is 4. The molecule has 2 aromatic heterocycles. The van der Waals surface area contributed by atoms with Gasteiger partial charge in [-0.15, -0.1) is 0 Å². The number of nitrogens with one attached hydrogen (secondary N) is 2. The van der Waals surface area contributed by atoms with Gasteiger partial charge in [0, 0.05) is 25.8 Å². The molecule has 0 radical (unpaired) electrons. The normalized spacial score (nSPS) is 12.3. The number of aliphatic hydroxyl groups is 1. The predicted octanol–water partition coefficient (Wildman–Crippen LogP) is 1.66. The van der Waals surface area contributed by atoms with Crippen LogP contribution in [0.4, 0.5) is 17.5 Å². The number of imidazole rings is 1. The van der Waals surface area contributed by atoms with Crippen molar-refractivity contribution in [2.75, 3.05) is 22.9 Å². The van der Waals surface area contributed by atoms with E-state index in [1.807, 2.05) is 36.7 Å². The Labute approximate surface area is 146 Å². The van der Waals surface area contributed by atoms with Gasteiger partial charge in [0.1, 0.15) is 0 Å². The van der Waals surface area contributed by atoms with Gasteiger partial charge in [0.05, 0.1) is 12.4 Å². The van der Waals surface area contributed by atoms with Crippen LogP contribution in [0.1, 0.15) is 18.1 Å². The highest BCUT2D eigenvalue weighted by Crippen LogP contribution is 2.22. The Kier molecular flexibility index (Phi) is 4.71. The molecule has 0 spiro atoms. The van der Waals surface area contributed by atoms with Crippen LogP contribution in [0.15, 0.2) is 24.5 Å². The zero-order valence-corrected chi connectivity index (χ0v) is 14.6. The highest BCUT2D eigenvalue weighted by atomic mass is 16.3. The summed E-state index contributed by atoms with van der Waals surface area (Å²) in [6.07, 6.45) is 1.21. The molecular weight excluding hydrogens is 318 g/mol. The van der Waals surface area contributed by atoms with E-state index in [0.717, 1.165) is 16.8 Å². The fourth-order valence-corrected chi connectivity index (χ4v) is 2.50. The number of benzene rings is 1. The molecule has 0 saturated carbocycles. The van der Waals surface area contributed by atoms with Crippen LogP contribution >= 0.6 is 0 Å². The van der Waals surface area contributed by atoms with Crippen molar-refractivity contribution in [1.29, 1.82) is 0 Å². The molecule has 8 nitrogen and oxygen atoms in total. The van der Waals surface area contributed by atoms with Gasteiger partial charge >= 0.3 is 0 Å². The zero-order chi connectivity index (χ0) is 18.0. The van der Waals surface area contributed by atoms with Gasteiger partial charge in [-0.2, -0.15) is 9.97 Å². The maximum Gasteiger partial charge on any atom is 0.226 e. The second-order valence-corrected chi connectivity index (χ2v) is 6.21. The van der Waals surface area contributed by atoms with Crippen molar-refractivity contribution in [1.82, 2.24) is 19.5 Å². The minimum Gasteiger partial charge on any atom is -0.398 e. The fourth-order valence-electron chi connectivity index (χ4n) is 2.50. The number of aryl methyl sites for hydroxylation is 2. The Morgan fingerprint density at radius 1 is 1.28 bits per heavy atom. The largest absolute Gasteiger partial charge is 0.398 e. The van der Waals surface area contributed by atoms with E-state index in [2.05, 4.69) is 25.6 Å². The minimum atomic E-state index is -0.491. The molecular formula is C17H23N7O. The van der Waals surface area contributed by atoms with Gasteiger partial charge in [-0.05, 0) is 31.0 Å². The molecule has 1 aromatic carbocycles. The van der Waals surface area contributed by atoms with Crippen molar-refractivity contribution in [3.63, 3.8) is 0 Å². The van der Waals surface area contributed by atoms with E-state index in [9.17, 15) is 5.11 Å². The van der Waals surface area contributed by atoms with E-state index >= 15 is 0 Å². The van der Waals surface area contributed by atoms with Crippen molar-refractivity contribution in [3.05, 3.63) is 35.7 Å². The lowest BCUT2D eigenvalue weighted by Gasteiger charge is -2.12. The van der Waals surface area contributed by atoms with E-state index in [0.29, 0.717) is 36.0 Å². The van der Waals surface area contributed by atoms with Crippen LogP contribution in [0, 0.1) is 6.92 Å². The van der Waals surface area contributed by atoms with E-state index in [-0.39, 0.29) is 0 Å². The summed E-state index contributed by atoms with van der Waals surface area (Å²) in [7, 11) is 1.88. The predicted molar refractivity (Wildman–Crippen MR) is 99.4 cm³/mol. The first-order chi connectivity index (χ1) is 11.9. The fraction of sp³-hybridized carbons (Fsp3) is 0.353. The second-order valence-electron chi connectivity index (χ2n) is 6.21. The molecule has 3 aromatic rings. The van der Waals surface area contributed by atoms with Crippen LogP contribution in [0.25, 0.3) is 11.2 Å². The Morgan fingerprint density at radius 2 is 2.08 bits per heavy atom. The number of anilines is 3. The summed E-state index contributed by atoms with van der Waals surface area (Å²) in [5.41, 5.74) is 10.3. The highest BCUT2D eigenvalue weighted by Gasteiger charge is 2.13. The van der Waals surface area contributed by atoms with Gasteiger partial charge in [-0.1, -0.05) is 12.1 Å². The maximum absolute atomic E-state index is 9.45. The number of nitrogens with two attached hydrogens (primary N) is 1. The Hall–Kier alpha value is -2.87. The number of nitrogen functional groups attached to an aromatic ring is 1. The molecule has 0 bridgehead atoms. The lowest BCUT2D eigenvalue weighted by atomic mass is 10.1. The summed E-state index contributed by atoms with van der Waals surface area (Å²) < 4.78 is 1.83. The summed E-state index contributed by atoms with van der Waals surface area (Å²) >= 11 is 0. The van der Waals surface area contributed by atoms with Crippen LogP contribution in [-0.4, -0.2) is 37.3 Å². The SMILES string of the molecule is Cc1ccc(CNc2nc(NCC(C)O)nc3c2ncn3C)c(N)c1. The third-order valence-corrected chi connectivity index (χ3v) is 3.86. The summed E-state index contributed by atoms with van der Waals surface area (Å²) in [5.74, 6) is 1.06. The Morgan fingerprint density at radius 3 is 2.80 bits per heavy atom. The molecule has 132 valence electrons. The maximum atomic E-state index is 9.45. The molecule has 0 aliphatic heterocycles. The quantitative estimate of drug-likeness (QED) is 0.504. The number of nitrogens with zero attached hydrogens (tertiary/aromatic N) is 4. The molecule has 0 aliphatic carbocycles. The van der Waals surface area contributed by atoms with E-state index in [1.54, 1.807) is 13.3 Å². The van der Waals surface area contributed by atoms with Crippen molar-refractivity contribution < 1.29 is 5.11 Å². The second kappa shape index (κ2) is 6.94. The number of aromatic nitrogens is 4. The smallest absolute Gasteiger partial charge is 0.226 e. The number of hydrogen-bond acceptors (Lipinski definition) is 7. The monoisotopic (exact) mass is 341 g/mol. The lowest BCUT2D eigenvalue weighted by Crippen LogP contribution is -2.17. The average molecular weight is 341 g/mol. The summed E-state index contributed by atoms with van der Waals surface area (Å²) in [6.45, 7) is 4.61. The van der Waals surface area contributed by atoms with Crippen LogP contribution in [-0.2, 0) is 13.6 Å². The topological polar surface area (TPSA) is 114 Å². The van der Waals surface area contributed by atoms with Crippen LogP contribution in [0.2, 0.25) is 0 Å². The lowest BCUT2D eigenvalue weighted by molar-refractivity contribution is 0.208. The van der Waals surface area contributed by atoms with Crippen molar-refractivity contribution in [2.24, 2.45) is 7.05 Å². The summed E-state index contributed by atoms with van der Waals surface area (Å²) in [4.78, 5) is 13.3. The molecule has 5 N–H and O–H groups in total. The Bertz CT molecular complexity index is 888. The minimum absolute atomic E-state index is 0.369. The molecule has 25 heavy (non-hydrogen) atoms. The summed E-state index contributed by atoms with van der Waals surface area (Å²) in [6, 6.07) is 5.98. The number of fused-ring (bicyclic) bond motifs is 1.